The molecule has 0 aliphatic heterocycles. The molecule has 0 saturated heterocycles. The topological polar surface area (TPSA) is 66.5 Å². The Kier molecular flexibility index (Phi) is 9.26. The molecular weight excluding hydrogens is 544 g/mol. The molecule has 9 heteroatoms. The molecule has 0 atom stereocenters. The van der Waals surface area contributed by atoms with Crippen LogP contribution in [-0.2, 0) is 20.6 Å². The van der Waals surface area contributed by atoms with Gasteiger partial charge in [0.25, 0.3) is 10.0 Å². The van der Waals surface area contributed by atoms with Crippen LogP contribution in [0.1, 0.15) is 11.1 Å². The van der Waals surface area contributed by atoms with Gasteiger partial charge in [0.2, 0.25) is 5.91 Å². The van der Waals surface area contributed by atoms with E-state index >= 15 is 0 Å². The Balaban J connectivity index is 1.64. The summed E-state index contributed by atoms with van der Waals surface area (Å²) in [6.45, 7) is 2.00. The second-order valence-corrected chi connectivity index (χ2v) is 11.6. The summed E-state index contributed by atoms with van der Waals surface area (Å²) in [4.78, 5) is 12.8. The number of benzene rings is 3. The summed E-state index contributed by atoms with van der Waals surface area (Å²) in [6, 6.07) is 21.1. The Morgan fingerprint density at radius 1 is 1.03 bits per heavy atom. The lowest BCUT2D eigenvalue weighted by atomic mass is 10.2. The molecule has 0 spiro atoms. The molecule has 5 nitrogen and oxygen atoms in total. The zero-order chi connectivity index (χ0) is 23.8. The normalized spacial score (nSPS) is 11.2. The van der Waals surface area contributed by atoms with E-state index in [0.717, 1.165) is 30.7 Å². The maximum atomic E-state index is 13.3. The smallest absolute Gasteiger partial charge is 0.264 e. The standard InChI is InChI=1S/C24H24BrClN2O3S2/c1-18-6-12-22(13-7-18)33(30,31)28(21-10-8-20(25)9-11-21)16-24(29)27-14-15-32-17-19-4-2-3-5-23(19)26/h2-13H,14-17H2,1H3,(H,27,29). The summed E-state index contributed by atoms with van der Waals surface area (Å²) < 4.78 is 28.6. The molecule has 3 rings (SSSR count). The number of hydrogen-bond acceptors (Lipinski definition) is 4. The molecule has 33 heavy (non-hydrogen) atoms. The van der Waals surface area contributed by atoms with Gasteiger partial charge >= 0.3 is 0 Å². The van der Waals surface area contributed by atoms with Gasteiger partial charge in [-0.05, 0) is 55.0 Å². The quantitative estimate of drug-likeness (QED) is 0.321. The molecule has 3 aromatic carbocycles. The first kappa shape index (κ1) is 25.6. The highest BCUT2D eigenvalue weighted by molar-refractivity contribution is 9.10. The second kappa shape index (κ2) is 11.9. The van der Waals surface area contributed by atoms with Crippen molar-refractivity contribution in [3.05, 3.63) is 93.4 Å². The van der Waals surface area contributed by atoms with Crippen molar-refractivity contribution >= 4 is 60.9 Å². The van der Waals surface area contributed by atoms with Crippen molar-refractivity contribution in [2.75, 3.05) is 23.1 Å². The minimum atomic E-state index is -3.92. The van der Waals surface area contributed by atoms with E-state index in [1.807, 2.05) is 31.2 Å². The number of thioether (sulfide) groups is 1. The monoisotopic (exact) mass is 566 g/mol. The maximum Gasteiger partial charge on any atom is 0.264 e. The van der Waals surface area contributed by atoms with Crippen molar-refractivity contribution in [3.63, 3.8) is 0 Å². The van der Waals surface area contributed by atoms with Crippen LogP contribution < -0.4 is 9.62 Å². The number of aryl methyl sites for hydroxylation is 1. The predicted molar refractivity (Wildman–Crippen MR) is 140 cm³/mol. The lowest BCUT2D eigenvalue weighted by Gasteiger charge is -2.24. The lowest BCUT2D eigenvalue weighted by Crippen LogP contribution is -2.41. The van der Waals surface area contributed by atoms with Gasteiger partial charge in [0, 0.05) is 27.5 Å². The highest BCUT2D eigenvalue weighted by Gasteiger charge is 2.27. The zero-order valence-corrected chi connectivity index (χ0v) is 22.0. The summed E-state index contributed by atoms with van der Waals surface area (Å²) >= 11 is 11.2. The van der Waals surface area contributed by atoms with Gasteiger partial charge in [0.05, 0.1) is 10.6 Å². The Hall–Kier alpha value is -2.00. The Bertz CT molecular complexity index is 1190. The van der Waals surface area contributed by atoms with Crippen molar-refractivity contribution in [1.29, 1.82) is 0 Å². The summed E-state index contributed by atoms with van der Waals surface area (Å²) in [5.41, 5.74) is 2.42. The van der Waals surface area contributed by atoms with Crippen LogP contribution >= 0.6 is 39.3 Å². The SMILES string of the molecule is Cc1ccc(S(=O)(=O)N(CC(=O)NCCSCc2ccccc2Cl)c2ccc(Br)cc2)cc1. The van der Waals surface area contributed by atoms with E-state index in [-0.39, 0.29) is 17.3 Å². The number of halogens is 2. The van der Waals surface area contributed by atoms with Crippen LogP contribution in [0.5, 0.6) is 0 Å². The molecule has 0 radical (unpaired) electrons. The fourth-order valence-corrected chi connectivity index (χ4v) is 5.84. The summed E-state index contributed by atoms with van der Waals surface area (Å²) in [7, 11) is -3.92. The maximum absolute atomic E-state index is 13.3. The van der Waals surface area contributed by atoms with Crippen molar-refractivity contribution in [1.82, 2.24) is 5.32 Å². The molecule has 0 fully saturated rings. The van der Waals surface area contributed by atoms with Gasteiger partial charge in [0.15, 0.2) is 0 Å². The molecule has 174 valence electrons. The number of carbonyl (C=O) groups is 1. The third kappa shape index (κ3) is 7.24. The molecule has 0 aromatic heterocycles. The van der Waals surface area contributed by atoms with Gasteiger partial charge in [-0.2, -0.15) is 11.8 Å². The van der Waals surface area contributed by atoms with Crippen LogP contribution in [0.3, 0.4) is 0 Å². The molecular formula is C24H24BrClN2O3S2. The van der Waals surface area contributed by atoms with Crippen molar-refractivity contribution in [2.45, 2.75) is 17.6 Å². The van der Waals surface area contributed by atoms with Gasteiger partial charge in [-0.1, -0.05) is 63.4 Å². The first-order chi connectivity index (χ1) is 15.8. The van der Waals surface area contributed by atoms with E-state index in [2.05, 4.69) is 21.2 Å². The summed E-state index contributed by atoms with van der Waals surface area (Å²) in [5.74, 6) is 1.05. The van der Waals surface area contributed by atoms with Crippen molar-refractivity contribution < 1.29 is 13.2 Å². The number of nitrogens with one attached hydrogen (secondary N) is 1. The van der Waals surface area contributed by atoms with E-state index in [4.69, 9.17) is 11.6 Å². The minimum absolute atomic E-state index is 0.138. The Morgan fingerprint density at radius 3 is 2.36 bits per heavy atom. The van der Waals surface area contributed by atoms with Crippen LogP contribution in [0.2, 0.25) is 5.02 Å². The lowest BCUT2D eigenvalue weighted by molar-refractivity contribution is -0.119. The summed E-state index contributed by atoms with van der Waals surface area (Å²) in [5, 5.41) is 3.54. The van der Waals surface area contributed by atoms with Crippen LogP contribution in [0, 0.1) is 6.92 Å². The van der Waals surface area contributed by atoms with Crippen LogP contribution in [0.4, 0.5) is 5.69 Å². The fraction of sp³-hybridized carbons (Fsp3) is 0.208. The zero-order valence-electron chi connectivity index (χ0n) is 18.0. The third-order valence-electron chi connectivity index (χ3n) is 4.79. The van der Waals surface area contributed by atoms with Gasteiger partial charge in [-0.25, -0.2) is 8.42 Å². The van der Waals surface area contributed by atoms with Crippen LogP contribution in [-0.4, -0.2) is 33.2 Å². The highest BCUT2D eigenvalue weighted by Crippen LogP contribution is 2.25. The molecule has 1 N–H and O–H groups in total. The largest absolute Gasteiger partial charge is 0.354 e. The molecule has 0 heterocycles. The van der Waals surface area contributed by atoms with E-state index in [0.29, 0.717) is 18.0 Å². The van der Waals surface area contributed by atoms with E-state index in [9.17, 15) is 13.2 Å². The van der Waals surface area contributed by atoms with Crippen molar-refractivity contribution in [3.8, 4) is 0 Å². The predicted octanol–water partition coefficient (Wildman–Crippen LogP) is 5.66. The second-order valence-electron chi connectivity index (χ2n) is 7.30. The molecule has 0 aliphatic carbocycles. The molecule has 3 aromatic rings. The molecule has 0 bridgehead atoms. The molecule has 0 saturated carbocycles. The van der Waals surface area contributed by atoms with Gasteiger partial charge < -0.3 is 5.32 Å². The van der Waals surface area contributed by atoms with Gasteiger partial charge in [-0.3, -0.25) is 9.10 Å². The van der Waals surface area contributed by atoms with E-state index in [1.54, 1.807) is 60.3 Å². The van der Waals surface area contributed by atoms with Gasteiger partial charge in [0.1, 0.15) is 6.54 Å². The summed E-state index contributed by atoms with van der Waals surface area (Å²) in [6.07, 6.45) is 0. The number of rotatable bonds is 10. The average Bonchev–Trinajstić information content (AvgIpc) is 2.79. The third-order valence-corrected chi connectivity index (χ3v) is 8.49. The number of hydrogen-bond donors (Lipinski definition) is 1. The minimum Gasteiger partial charge on any atom is -0.354 e. The van der Waals surface area contributed by atoms with Crippen LogP contribution in [0.25, 0.3) is 0 Å². The molecule has 0 aliphatic rings. The number of anilines is 1. The van der Waals surface area contributed by atoms with Gasteiger partial charge in [-0.15, -0.1) is 0 Å². The van der Waals surface area contributed by atoms with E-state index in [1.165, 1.54) is 0 Å². The number of nitrogens with zero attached hydrogens (tertiary/aromatic N) is 1. The average molecular weight is 568 g/mol. The number of carbonyl (C=O) groups excluding carboxylic acids is 1. The van der Waals surface area contributed by atoms with Crippen LogP contribution in [0.15, 0.2) is 82.2 Å². The Labute approximate surface area is 212 Å². The number of amides is 1. The van der Waals surface area contributed by atoms with Crippen molar-refractivity contribution in [2.24, 2.45) is 0 Å². The first-order valence-corrected chi connectivity index (χ1v) is 14.0. The Morgan fingerprint density at radius 2 is 1.70 bits per heavy atom. The number of sulfonamides is 1. The first-order valence-electron chi connectivity index (χ1n) is 10.2. The molecule has 0 unspecified atom stereocenters. The fourth-order valence-electron chi connectivity index (χ4n) is 3.01. The van der Waals surface area contributed by atoms with E-state index < -0.39 is 10.0 Å². The molecule has 1 amide bonds. The highest BCUT2D eigenvalue weighted by atomic mass is 79.9.